The minimum atomic E-state index is -1.17. The Balaban J connectivity index is 1.53. The molecule has 5 atom stereocenters. The van der Waals surface area contributed by atoms with Crippen molar-refractivity contribution in [1.82, 2.24) is 31.2 Å². The van der Waals surface area contributed by atoms with Gasteiger partial charge < -0.3 is 52.1 Å². The number of aromatic nitrogens is 1. The van der Waals surface area contributed by atoms with Gasteiger partial charge in [0.1, 0.15) is 24.2 Å². The summed E-state index contributed by atoms with van der Waals surface area (Å²) in [6.45, 7) is 0.640. The summed E-state index contributed by atoms with van der Waals surface area (Å²) in [4.78, 5) is 93.9. The molecule has 2 saturated heterocycles. The highest BCUT2D eigenvalue weighted by Crippen LogP contribution is 2.23. The van der Waals surface area contributed by atoms with E-state index in [2.05, 4.69) is 26.3 Å². The van der Waals surface area contributed by atoms with Gasteiger partial charge in [-0.3, -0.25) is 28.8 Å². The summed E-state index contributed by atoms with van der Waals surface area (Å²) in [6, 6.07) is 2.47. The standard InChI is InChI=1S/C33H46N8O9/c1-49-27(42)13-6-10-23(39-31(46)26-18-50-26)32(47)41-15-5-4-12-25(41)30(45)40-24(16-19-17-37-21-9-3-2-8-20(19)21)29(44)38-22(28(34)43)11-7-14-36-33(35)48/h2-3,8-9,17,22-26,37H,4-7,10-16,18H2,1H3,(H2,34,43)(H,38,44)(H,39,46)(H,40,45)(H3,35,36,48)/t22-,23-,24-,25-,26?/m0/s1. The number of methoxy groups -OCH3 is 1. The van der Waals surface area contributed by atoms with Gasteiger partial charge in [-0.2, -0.15) is 0 Å². The largest absolute Gasteiger partial charge is 0.469 e. The fourth-order valence-corrected chi connectivity index (χ4v) is 6.02. The third-order valence-corrected chi connectivity index (χ3v) is 8.79. The number of hydrogen-bond acceptors (Lipinski definition) is 9. The molecule has 17 heteroatoms. The quantitative estimate of drug-likeness (QED) is 0.0584. The monoisotopic (exact) mass is 698 g/mol. The number of carbonyl (C=O) groups is 7. The lowest BCUT2D eigenvalue weighted by molar-refractivity contribution is -0.146. The van der Waals surface area contributed by atoms with Crippen molar-refractivity contribution in [3.05, 3.63) is 36.0 Å². The number of epoxide rings is 1. The van der Waals surface area contributed by atoms with E-state index in [0.717, 1.165) is 16.5 Å². The molecule has 9 N–H and O–H groups in total. The summed E-state index contributed by atoms with van der Waals surface area (Å²) in [7, 11) is 1.26. The number of urea groups is 1. The Kier molecular flexibility index (Phi) is 13.5. The summed E-state index contributed by atoms with van der Waals surface area (Å²) in [5.41, 5.74) is 12.2. The summed E-state index contributed by atoms with van der Waals surface area (Å²) in [6.07, 6.45) is 3.52. The molecule has 0 spiro atoms. The smallest absolute Gasteiger partial charge is 0.312 e. The lowest BCUT2D eigenvalue weighted by Crippen LogP contribution is -2.60. The summed E-state index contributed by atoms with van der Waals surface area (Å²) in [5.74, 6) is -3.44. The lowest BCUT2D eigenvalue weighted by atomic mass is 9.97. The second-order valence-electron chi connectivity index (χ2n) is 12.4. The lowest BCUT2D eigenvalue weighted by Gasteiger charge is -2.37. The van der Waals surface area contributed by atoms with E-state index >= 15 is 0 Å². The Labute approximate surface area is 288 Å². The van der Waals surface area contributed by atoms with Crippen LogP contribution in [-0.2, 0) is 44.7 Å². The number of fused-ring (bicyclic) bond motifs is 1. The number of H-pyrrole nitrogens is 1. The number of ether oxygens (including phenoxy) is 2. The van der Waals surface area contributed by atoms with Crippen molar-refractivity contribution in [2.24, 2.45) is 11.5 Å². The molecule has 1 unspecified atom stereocenters. The Bertz CT molecular complexity index is 1560. The number of carbonyl (C=O) groups excluding carboxylic acids is 7. The first-order chi connectivity index (χ1) is 24.0. The molecule has 2 aliphatic heterocycles. The third-order valence-electron chi connectivity index (χ3n) is 8.79. The van der Waals surface area contributed by atoms with E-state index in [1.165, 1.54) is 12.0 Å². The Morgan fingerprint density at radius 2 is 1.68 bits per heavy atom. The number of piperidine rings is 1. The fraction of sp³-hybridized carbons (Fsp3) is 0.545. The predicted octanol–water partition coefficient (Wildman–Crippen LogP) is -0.778. The van der Waals surface area contributed by atoms with Crippen molar-refractivity contribution < 1.29 is 43.0 Å². The van der Waals surface area contributed by atoms with Gasteiger partial charge in [-0.15, -0.1) is 0 Å². The van der Waals surface area contributed by atoms with Gasteiger partial charge in [-0.1, -0.05) is 18.2 Å². The first-order valence-corrected chi connectivity index (χ1v) is 16.8. The van der Waals surface area contributed by atoms with Gasteiger partial charge in [0.2, 0.25) is 23.6 Å². The molecule has 0 saturated carbocycles. The van der Waals surface area contributed by atoms with Crippen LogP contribution >= 0.6 is 0 Å². The summed E-state index contributed by atoms with van der Waals surface area (Å²) in [5, 5.41) is 11.4. The molecule has 1 aromatic carbocycles. The van der Waals surface area contributed by atoms with E-state index in [-0.39, 0.29) is 51.8 Å². The van der Waals surface area contributed by atoms with Crippen LogP contribution in [0.2, 0.25) is 0 Å². The van der Waals surface area contributed by atoms with Crippen molar-refractivity contribution in [2.75, 3.05) is 26.8 Å². The molecule has 2 fully saturated rings. The molecular weight excluding hydrogens is 652 g/mol. The van der Waals surface area contributed by atoms with Gasteiger partial charge in [0.15, 0.2) is 6.10 Å². The van der Waals surface area contributed by atoms with Crippen molar-refractivity contribution in [3.8, 4) is 0 Å². The van der Waals surface area contributed by atoms with Crippen LogP contribution in [-0.4, -0.2) is 108 Å². The Morgan fingerprint density at radius 1 is 0.960 bits per heavy atom. The van der Waals surface area contributed by atoms with Gasteiger partial charge in [-0.25, -0.2) is 4.79 Å². The predicted molar refractivity (Wildman–Crippen MR) is 179 cm³/mol. The zero-order valence-corrected chi connectivity index (χ0v) is 28.0. The summed E-state index contributed by atoms with van der Waals surface area (Å²) < 4.78 is 9.76. The number of esters is 1. The average Bonchev–Trinajstić information content (AvgIpc) is 3.88. The van der Waals surface area contributed by atoms with Crippen LogP contribution < -0.4 is 32.7 Å². The highest BCUT2D eigenvalue weighted by atomic mass is 16.6. The molecule has 272 valence electrons. The zero-order chi connectivity index (χ0) is 36.2. The van der Waals surface area contributed by atoms with E-state index in [9.17, 15) is 33.6 Å². The number of rotatable bonds is 18. The molecule has 0 aliphatic carbocycles. The normalized spacial score (nSPS) is 18.6. The molecule has 3 heterocycles. The molecule has 7 amide bonds. The molecule has 0 radical (unpaired) electrons. The maximum atomic E-state index is 14.0. The number of primary amides is 2. The molecule has 2 aliphatic rings. The van der Waals surface area contributed by atoms with Crippen LogP contribution in [0.3, 0.4) is 0 Å². The van der Waals surface area contributed by atoms with Crippen LogP contribution in [0.5, 0.6) is 0 Å². The van der Waals surface area contributed by atoms with Crippen molar-refractivity contribution >= 4 is 52.4 Å². The SMILES string of the molecule is COC(=O)CCC[C@H](NC(=O)C1CO1)C(=O)N1CCCC[C@H]1C(=O)N[C@@H](Cc1c[nH]c2ccccc12)C(=O)N[C@@H](CCCNC(N)=O)C(N)=O. The van der Waals surface area contributed by atoms with Crippen molar-refractivity contribution in [2.45, 2.75) is 88.1 Å². The van der Waals surface area contributed by atoms with E-state index in [0.29, 0.717) is 25.7 Å². The van der Waals surface area contributed by atoms with Crippen LogP contribution in [0.1, 0.15) is 56.9 Å². The molecule has 2 aromatic rings. The van der Waals surface area contributed by atoms with Gasteiger partial charge in [-0.05, 0) is 56.6 Å². The van der Waals surface area contributed by atoms with Gasteiger partial charge in [0.05, 0.1) is 13.7 Å². The first kappa shape index (κ1) is 37.6. The van der Waals surface area contributed by atoms with E-state index in [1.54, 1.807) is 6.20 Å². The van der Waals surface area contributed by atoms with E-state index in [1.807, 2.05) is 24.3 Å². The summed E-state index contributed by atoms with van der Waals surface area (Å²) >= 11 is 0. The van der Waals surface area contributed by atoms with E-state index in [4.69, 9.17) is 20.9 Å². The van der Waals surface area contributed by atoms with Gasteiger partial charge >= 0.3 is 12.0 Å². The topological polar surface area (TPSA) is 260 Å². The van der Waals surface area contributed by atoms with Crippen LogP contribution in [0.25, 0.3) is 10.9 Å². The van der Waals surface area contributed by atoms with Gasteiger partial charge in [0, 0.05) is 43.0 Å². The molecule has 0 bridgehead atoms. The number of para-hydroxylation sites is 1. The van der Waals surface area contributed by atoms with Crippen LogP contribution in [0.4, 0.5) is 4.79 Å². The minimum absolute atomic E-state index is 0.0403. The Morgan fingerprint density at radius 3 is 2.38 bits per heavy atom. The number of aromatic amines is 1. The highest BCUT2D eigenvalue weighted by molar-refractivity contribution is 5.96. The minimum Gasteiger partial charge on any atom is -0.469 e. The van der Waals surface area contributed by atoms with Crippen LogP contribution in [0, 0.1) is 0 Å². The molecule has 17 nitrogen and oxygen atoms in total. The number of hydrogen-bond donors (Lipinski definition) is 7. The number of benzene rings is 1. The van der Waals surface area contributed by atoms with Crippen LogP contribution in [0.15, 0.2) is 30.5 Å². The van der Waals surface area contributed by atoms with Gasteiger partial charge in [0.25, 0.3) is 5.91 Å². The fourth-order valence-electron chi connectivity index (χ4n) is 6.02. The number of likely N-dealkylation sites (tertiary alicyclic amines) is 1. The second kappa shape index (κ2) is 18.0. The number of nitrogens with zero attached hydrogens (tertiary/aromatic N) is 1. The molecular formula is C33H46N8O9. The average molecular weight is 699 g/mol. The third kappa shape index (κ3) is 10.7. The molecule has 50 heavy (non-hydrogen) atoms. The molecule has 4 rings (SSSR count). The van der Waals surface area contributed by atoms with Crippen molar-refractivity contribution in [1.29, 1.82) is 0 Å². The highest BCUT2D eigenvalue weighted by Gasteiger charge is 2.40. The van der Waals surface area contributed by atoms with Crippen molar-refractivity contribution in [3.63, 3.8) is 0 Å². The maximum Gasteiger partial charge on any atom is 0.312 e. The Hall–Kier alpha value is -5.19. The zero-order valence-electron chi connectivity index (χ0n) is 28.0. The number of amides is 7. The number of nitrogens with one attached hydrogen (secondary N) is 5. The first-order valence-electron chi connectivity index (χ1n) is 16.8. The number of nitrogens with two attached hydrogens (primary N) is 2. The second-order valence-corrected chi connectivity index (χ2v) is 12.4. The van der Waals surface area contributed by atoms with E-state index < -0.39 is 71.8 Å². The molecule has 1 aromatic heterocycles. The maximum absolute atomic E-state index is 14.0.